The van der Waals surface area contributed by atoms with Gasteiger partial charge in [0.25, 0.3) is 0 Å². The highest BCUT2D eigenvalue weighted by molar-refractivity contribution is 8.33. The molecule has 2 nitrogen and oxygen atoms in total. The van der Waals surface area contributed by atoms with Crippen molar-refractivity contribution in [1.82, 2.24) is 0 Å². The van der Waals surface area contributed by atoms with Gasteiger partial charge < -0.3 is 9.47 Å². The van der Waals surface area contributed by atoms with E-state index >= 15 is 0 Å². The Labute approximate surface area is 135 Å². The van der Waals surface area contributed by atoms with E-state index in [0.29, 0.717) is 6.61 Å². The predicted octanol–water partition coefficient (Wildman–Crippen LogP) is 4.84. The van der Waals surface area contributed by atoms with Gasteiger partial charge in [-0.1, -0.05) is 24.3 Å². The van der Waals surface area contributed by atoms with Crippen LogP contribution >= 0.6 is 10.0 Å². The van der Waals surface area contributed by atoms with Crippen LogP contribution in [0.15, 0.2) is 41.3 Å². The Morgan fingerprint density at radius 1 is 0.955 bits per heavy atom. The summed E-state index contributed by atoms with van der Waals surface area (Å²) in [6, 6.07) is 13.2. The topological polar surface area (TPSA) is 18.5 Å². The zero-order chi connectivity index (χ0) is 15.4. The lowest BCUT2D eigenvalue weighted by Gasteiger charge is -2.32. The summed E-state index contributed by atoms with van der Waals surface area (Å²) in [7, 11) is 1.10. The number of hydrogen-bond acceptors (Lipinski definition) is 2. The van der Waals surface area contributed by atoms with Gasteiger partial charge in [0.2, 0.25) is 0 Å². The van der Waals surface area contributed by atoms with Gasteiger partial charge in [-0.25, -0.2) is 10.0 Å². The van der Waals surface area contributed by atoms with Crippen LogP contribution in [0.5, 0.6) is 5.75 Å². The highest BCUT2D eigenvalue weighted by Gasteiger charge is 2.27. The summed E-state index contributed by atoms with van der Waals surface area (Å²) < 4.78 is 11.1. The van der Waals surface area contributed by atoms with Gasteiger partial charge >= 0.3 is 0 Å². The molecule has 3 heteroatoms. The van der Waals surface area contributed by atoms with Crippen LogP contribution in [0.1, 0.15) is 19.3 Å². The Kier molecular flexibility index (Phi) is 4.94. The summed E-state index contributed by atoms with van der Waals surface area (Å²) in [5, 5.41) is 2.66. The molecule has 0 radical (unpaired) electrons. The molecule has 1 aliphatic heterocycles. The van der Waals surface area contributed by atoms with Gasteiger partial charge in [-0.05, 0) is 53.0 Å². The number of fused-ring (bicyclic) bond motifs is 1. The molecule has 0 atom stereocenters. The molecule has 0 unspecified atom stereocenters. The molecule has 0 amide bonds. The molecule has 3 rings (SSSR count). The van der Waals surface area contributed by atoms with Crippen LogP contribution in [-0.2, 0) is 4.74 Å². The molecule has 0 spiro atoms. The highest BCUT2D eigenvalue weighted by Crippen LogP contribution is 2.59. The molecule has 1 saturated heterocycles. The molecule has 2 aromatic rings. The fraction of sp³-hybridized carbons (Fsp3) is 0.474. The smallest absolute Gasteiger partial charge is 0.127 e. The second kappa shape index (κ2) is 6.93. The lowest BCUT2D eigenvalue weighted by Crippen LogP contribution is -2.04. The monoisotopic (exact) mass is 318 g/mol. The second-order valence-electron chi connectivity index (χ2n) is 6.19. The second-order valence-corrected chi connectivity index (χ2v) is 10.00. The van der Waals surface area contributed by atoms with Gasteiger partial charge in [-0.15, -0.1) is 0 Å². The van der Waals surface area contributed by atoms with Crippen molar-refractivity contribution < 1.29 is 9.47 Å². The first-order valence-electron chi connectivity index (χ1n) is 8.12. The standard InChI is InChI=1S/C19H26O2S/c1-20-12-7-13-21-18-10-11-19(22(2)14-5-6-15-22)17-9-4-3-8-16(17)18/h3-4,8-11H,5-7,12-15H2,1-2H3. The average molecular weight is 318 g/mol. The van der Waals surface area contributed by atoms with E-state index in [-0.39, 0.29) is 0 Å². The maximum absolute atomic E-state index is 6.00. The van der Waals surface area contributed by atoms with E-state index in [0.717, 1.165) is 18.8 Å². The van der Waals surface area contributed by atoms with Crippen molar-refractivity contribution in [3.05, 3.63) is 36.4 Å². The summed E-state index contributed by atoms with van der Waals surface area (Å²) in [4.78, 5) is 1.57. The Morgan fingerprint density at radius 2 is 1.68 bits per heavy atom. The fourth-order valence-electron chi connectivity index (χ4n) is 3.35. The SMILES string of the molecule is COCCCOc1ccc(S2(C)CCCC2)c2ccccc12. The quantitative estimate of drug-likeness (QED) is 0.709. The number of hydrogen-bond donors (Lipinski definition) is 0. The van der Waals surface area contributed by atoms with Gasteiger partial charge in [0, 0.05) is 25.5 Å². The molecule has 22 heavy (non-hydrogen) atoms. The van der Waals surface area contributed by atoms with Crippen LogP contribution < -0.4 is 4.74 Å². The molecule has 1 fully saturated rings. The van der Waals surface area contributed by atoms with E-state index in [1.54, 1.807) is 12.0 Å². The minimum Gasteiger partial charge on any atom is -0.493 e. The summed E-state index contributed by atoms with van der Waals surface area (Å²) in [5.74, 6) is 3.77. The van der Waals surface area contributed by atoms with Gasteiger partial charge in [0.15, 0.2) is 0 Å². The Bertz CT molecular complexity index is 632. The molecule has 0 bridgehead atoms. The van der Waals surface area contributed by atoms with E-state index in [1.165, 1.54) is 35.1 Å². The molecule has 2 aromatic carbocycles. The van der Waals surface area contributed by atoms with Crippen molar-refractivity contribution in [2.45, 2.75) is 24.2 Å². The van der Waals surface area contributed by atoms with E-state index in [2.05, 4.69) is 42.7 Å². The predicted molar refractivity (Wildman–Crippen MR) is 96.7 cm³/mol. The number of ether oxygens (including phenoxy) is 2. The Morgan fingerprint density at radius 3 is 2.41 bits per heavy atom. The first-order chi connectivity index (χ1) is 10.7. The largest absolute Gasteiger partial charge is 0.493 e. The van der Waals surface area contributed by atoms with Crippen LogP contribution in [0.25, 0.3) is 10.8 Å². The molecular weight excluding hydrogens is 292 g/mol. The van der Waals surface area contributed by atoms with Crippen LogP contribution in [0.3, 0.4) is 0 Å². The normalized spacial score (nSPS) is 18.5. The third kappa shape index (κ3) is 3.11. The van der Waals surface area contributed by atoms with Crippen LogP contribution in [0.4, 0.5) is 0 Å². The van der Waals surface area contributed by atoms with E-state index in [1.807, 2.05) is 0 Å². The van der Waals surface area contributed by atoms with Gasteiger partial charge in [0.1, 0.15) is 5.75 Å². The first-order valence-corrected chi connectivity index (χ1v) is 10.5. The minimum absolute atomic E-state index is 0.630. The number of methoxy groups -OCH3 is 1. The molecule has 0 aliphatic carbocycles. The zero-order valence-corrected chi connectivity index (χ0v) is 14.5. The van der Waals surface area contributed by atoms with Gasteiger partial charge in [-0.3, -0.25) is 0 Å². The van der Waals surface area contributed by atoms with Crippen molar-refractivity contribution in [2.24, 2.45) is 0 Å². The molecule has 0 aromatic heterocycles. The van der Waals surface area contributed by atoms with Crippen molar-refractivity contribution in [3.63, 3.8) is 0 Å². The molecule has 0 saturated carbocycles. The summed E-state index contributed by atoms with van der Waals surface area (Å²) >= 11 is 0. The zero-order valence-electron chi connectivity index (χ0n) is 13.6. The Hall–Kier alpha value is -1.19. The molecular formula is C19H26O2S. The van der Waals surface area contributed by atoms with E-state index in [9.17, 15) is 0 Å². The van der Waals surface area contributed by atoms with Crippen molar-refractivity contribution in [1.29, 1.82) is 0 Å². The molecule has 0 N–H and O–H groups in total. The lowest BCUT2D eigenvalue weighted by atomic mass is 10.1. The maximum atomic E-state index is 6.00. The van der Waals surface area contributed by atoms with Crippen LogP contribution in [0.2, 0.25) is 0 Å². The van der Waals surface area contributed by atoms with Crippen molar-refractivity contribution in [2.75, 3.05) is 38.1 Å². The summed E-state index contributed by atoms with van der Waals surface area (Å²) in [6.45, 7) is 1.46. The molecule has 1 heterocycles. The number of benzene rings is 2. The van der Waals surface area contributed by atoms with Gasteiger partial charge in [-0.2, -0.15) is 0 Å². The van der Waals surface area contributed by atoms with E-state index in [4.69, 9.17) is 9.47 Å². The Balaban J connectivity index is 1.93. The van der Waals surface area contributed by atoms with Crippen molar-refractivity contribution in [3.8, 4) is 5.75 Å². The van der Waals surface area contributed by atoms with E-state index < -0.39 is 10.0 Å². The third-order valence-corrected chi connectivity index (χ3v) is 8.36. The van der Waals surface area contributed by atoms with Crippen LogP contribution in [-0.4, -0.2) is 38.1 Å². The van der Waals surface area contributed by atoms with Crippen molar-refractivity contribution >= 4 is 20.8 Å². The number of rotatable bonds is 6. The fourth-order valence-corrected chi connectivity index (χ4v) is 6.78. The van der Waals surface area contributed by atoms with Gasteiger partial charge in [0.05, 0.1) is 6.61 Å². The molecule has 120 valence electrons. The average Bonchev–Trinajstić information content (AvgIpc) is 2.99. The molecule has 1 aliphatic rings. The lowest BCUT2D eigenvalue weighted by molar-refractivity contribution is 0.172. The minimum atomic E-state index is -0.630. The first kappa shape index (κ1) is 15.7. The van der Waals surface area contributed by atoms with Crippen LogP contribution in [0, 0.1) is 0 Å². The highest BCUT2D eigenvalue weighted by atomic mass is 32.3. The maximum Gasteiger partial charge on any atom is 0.127 e. The summed E-state index contributed by atoms with van der Waals surface area (Å²) in [5.41, 5.74) is 0. The third-order valence-electron chi connectivity index (χ3n) is 4.57. The summed E-state index contributed by atoms with van der Waals surface area (Å²) in [6.07, 6.45) is 6.20.